The van der Waals surface area contributed by atoms with Crippen LogP contribution in [0.2, 0.25) is 0 Å². The molecule has 0 bridgehead atoms. The number of piperidine rings is 1. The first kappa shape index (κ1) is 14.8. The van der Waals surface area contributed by atoms with Gasteiger partial charge < -0.3 is 10.6 Å². The molecule has 1 saturated carbocycles. The van der Waals surface area contributed by atoms with E-state index in [2.05, 4.69) is 11.8 Å². The van der Waals surface area contributed by atoms with Crippen molar-refractivity contribution in [2.24, 2.45) is 11.1 Å². The van der Waals surface area contributed by atoms with Crippen LogP contribution >= 0.6 is 0 Å². The van der Waals surface area contributed by atoms with Gasteiger partial charge in [-0.2, -0.15) is 0 Å². The number of hydrogen-bond acceptors (Lipinski definition) is 2. The fourth-order valence-corrected chi connectivity index (χ4v) is 4.08. The molecule has 2 aliphatic rings. The van der Waals surface area contributed by atoms with Crippen molar-refractivity contribution in [2.45, 2.75) is 77.2 Å². The van der Waals surface area contributed by atoms with Crippen LogP contribution < -0.4 is 5.73 Å². The number of carbonyl (C=O) groups excluding carboxylic acids is 1. The Morgan fingerprint density at radius 3 is 2.47 bits per heavy atom. The zero-order valence-electron chi connectivity index (χ0n) is 12.7. The summed E-state index contributed by atoms with van der Waals surface area (Å²) >= 11 is 0. The summed E-state index contributed by atoms with van der Waals surface area (Å²) in [6.45, 7) is 5.87. The minimum Gasteiger partial charge on any atom is -0.341 e. The van der Waals surface area contributed by atoms with Gasteiger partial charge in [0.15, 0.2) is 0 Å². The molecular weight excluding hydrogens is 236 g/mol. The molecule has 110 valence electrons. The topological polar surface area (TPSA) is 46.3 Å². The van der Waals surface area contributed by atoms with E-state index in [9.17, 15) is 4.79 Å². The van der Waals surface area contributed by atoms with Gasteiger partial charge in [-0.3, -0.25) is 4.79 Å². The van der Waals surface area contributed by atoms with Crippen LogP contribution in [-0.4, -0.2) is 29.4 Å². The van der Waals surface area contributed by atoms with Gasteiger partial charge in [-0.05, 0) is 44.4 Å². The SMILES string of the molecule is CCCC(C)(N)C(=O)N1CCCC2(CCCCC2)C1. The van der Waals surface area contributed by atoms with Crippen LogP contribution in [0.25, 0.3) is 0 Å². The molecule has 1 atom stereocenters. The molecule has 0 radical (unpaired) electrons. The fraction of sp³-hybridized carbons (Fsp3) is 0.938. The zero-order valence-corrected chi connectivity index (χ0v) is 12.7. The number of likely N-dealkylation sites (tertiary alicyclic amines) is 1. The van der Waals surface area contributed by atoms with Gasteiger partial charge in [-0.1, -0.05) is 32.6 Å². The summed E-state index contributed by atoms with van der Waals surface area (Å²) in [5.74, 6) is 0.180. The molecule has 0 aromatic rings. The number of hydrogen-bond donors (Lipinski definition) is 1. The normalized spacial score (nSPS) is 26.2. The van der Waals surface area contributed by atoms with E-state index in [1.807, 2.05) is 6.92 Å². The van der Waals surface area contributed by atoms with E-state index in [0.29, 0.717) is 5.41 Å². The van der Waals surface area contributed by atoms with E-state index in [0.717, 1.165) is 32.4 Å². The number of nitrogens with two attached hydrogens (primary N) is 1. The summed E-state index contributed by atoms with van der Waals surface area (Å²) in [6, 6.07) is 0. The van der Waals surface area contributed by atoms with E-state index in [-0.39, 0.29) is 5.91 Å². The molecule has 2 rings (SSSR count). The molecule has 3 heteroatoms. The second-order valence-corrected chi connectivity index (χ2v) is 7.06. The van der Waals surface area contributed by atoms with Gasteiger partial charge in [-0.25, -0.2) is 0 Å². The highest BCUT2D eigenvalue weighted by Crippen LogP contribution is 2.43. The summed E-state index contributed by atoms with van der Waals surface area (Å²) in [4.78, 5) is 14.7. The Labute approximate surface area is 117 Å². The van der Waals surface area contributed by atoms with E-state index in [1.165, 1.54) is 38.5 Å². The lowest BCUT2D eigenvalue weighted by Gasteiger charge is -2.47. The maximum atomic E-state index is 12.6. The van der Waals surface area contributed by atoms with E-state index in [1.54, 1.807) is 0 Å². The van der Waals surface area contributed by atoms with Gasteiger partial charge in [-0.15, -0.1) is 0 Å². The first-order valence-corrected chi connectivity index (χ1v) is 8.07. The smallest absolute Gasteiger partial charge is 0.242 e. The first-order valence-electron chi connectivity index (χ1n) is 8.07. The molecule has 2 fully saturated rings. The number of rotatable bonds is 3. The second kappa shape index (κ2) is 5.82. The zero-order chi connectivity index (χ0) is 13.9. The lowest BCUT2D eigenvalue weighted by atomic mass is 9.69. The third-order valence-electron chi connectivity index (χ3n) is 5.12. The molecule has 0 aromatic heterocycles. The summed E-state index contributed by atoms with van der Waals surface area (Å²) < 4.78 is 0. The van der Waals surface area contributed by atoms with Crippen molar-refractivity contribution in [2.75, 3.05) is 13.1 Å². The first-order chi connectivity index (χ1) is 8.99. The number of carbonyl (C=O) groups is 1. The molecular formula is C16H30N2O. The van der Waals surface area contributed by atoms with Crippen molar-refractivity contribution < 1.29 is 4.79 Å². The Bertz CT molecular complexity index is 313. The highest BCUT2D eigenvalue weighted by Gasteiger charge is 2.41. The number of amides is 1. The van der Waals surface area contributed by atoms with Crippen LogP contribution in [-0.2, 0) is 4.79 Å². The Morgan fingerprint density at radius 1 is 1.21 bits per heavy atom. The fourth-order valence-electron chi connectivity index (χ4n) is 4.08. The minimum atomic E-state index is -0.665. The van der Waals surface area contributed by atoms with Crippen LogP contribution in [0.1, 0.15) is 71.6 Å². The standard InChI is InChI=1S/C16H30N2O/c1-3-8-15(2,17)14(19)18-12-7-11-16(13-18)9-5-4-6-10-16/h3-13,17H2,1-2H3. The lowest BCUT2D eigenvalue weighted by Crippen LogP contribution is -2.57. The molecule has 19 heavy (non-hydrogen) atoms. The van der Waals surface area contributed by atoms with E-state index < -0.39 is 5.54 Å². The molecule has 0 aromatic carbocycles. The van der Waals surface area contributed by atoms with Crippen LogP contribution in [0.15, 0.2) is 0 Å². The molecule has 1 aliphatic heterocycles. The Hall–Kier alpha value is -0.570. The van der Waals surface area contributed by atoms with Crippen LogP contribution in [0.4, 0.5) is 0 Å². The summed E-state index contributed by atoms with van der Waals surface area (Å²) in [6.07, 6.45) is 10.9. The average Bonchev–Trinajstić information content (AvgIpc) is 2.39. The summed E-state index contributed by atoms with van der Waals surface area (Å²) in [7, 11) is 0. The van der Waals surface area contributed by atoms with Crippen LogP contribution in [0.3, 0.4) is 0 Å². The van der Waals surface area contributed by atoms with Gasteiger partial charge in [0.05, 0.1) is 5.54 Å². The van der Waals surface area contributed by atoms with Crippen molar-refractivity contribution >= 4 is 5.91 Å². The minimum absolute atomic E-state index is 0.180. The van der Waals surface area contributed by atoms with Gasteiger partial charge in [0, 0.05) is 13.1 Å². The number of nitrogens with zero attached hydrogens (tertiary/aromatic N) is 1. The largest absolute Gasteiger partial charge is 0.341 e. The average molecular weight is 266 g/mol. The summed E-state index contributed by atoms with van der Waals surface area (Å²) in [5.41, 5.74) is 5.99. The maximum absolute atomic E-state index is 12.6. The van der Waals surface area contributed by atoms with Crippen molar-refractivity contribution in [3.05, 3.63) is 0 Å². The molecule has 1 aliphatic carbocycles. The van der Waals surface area contributed by atoms with Gasteiger partial charge in [0.1, 0.15) is 0 Å². The van der Waals surface area contributed by atoms with Crippen molar-refractivity contribution in [3.63, 3.8) is 0 Å². The maximum Gasteiger partial charge on any atom is 0.242 e. The molecule has 1 heterocycles. The van der Waals surface area contributed by atoms with E-state index in [4.69, 9.17) is 5.73 Å². The molecule has 3 nitrogen and oxygen atoms in total. The van der Waals surface area contributed by atoms with Crippen LogP contribution in [0, 0.1) is 5.41 Å². The predicted molar refractivity (Wildman–Crippen MR) is 78.8 cm³/mol. The Balaban J connectivity index is 2.02. The molecule has 2 N–H and O–H groups in total. The molecule has 1 unspecified atom stereocenters. The highest BCUT2D eigenvalue weighted by molar-refractivity contribution is 5.85. The molecule has 1 spiro atoms. The quantitative estimate of drug-likeness (QED) is 0.853. The van der Waals surface area contributed by atoms with Crippen molar-refractivity contribution in [1.29, 1.82) is 0 Å². The van der Waals surface area contributed by atoms with Crippen molar-refractivity contribution in [1.82, 2.24) is 4.90 Å². The highest BCUT2D eigenvalue weighted by atomic mass is 16.2. The third kappa shape index (κ3) is 3.31. The van der Waals surface area contributed by atoms with Gasteiger partial charge in [0.2, 0.25) is 5.91 Å². The van der Waals surface area contributed by atoms with Crippen molar-refractivity contribution in [3.8, 4) is 0 Å². The van der Waals surface area contributed by atoms with E-state index >= 15 is 0 Å². The summed E-state index contributed by atoms with van der Waals surface area (Å²) in [5, 5.41) is 0. The van der Waals surface area contributed by atoms with Gasteiger partial charge >= 0.3 is 0 Å². The second-order valence-electron chi connectivity index (χ2n) is 7.06. The third-order valence-corrected chi connectivity index (χ3v) is 5.12. The molecule has 1 saturated heterocycles. The van der Waals surface area contributed by atoms with Crippen LogP contribution in [0.5, 0.6) is 0 Å². The Kier molecular flexibility index (Phi) is 4.54. The van der Waals surface area contributed by atoms with Gasteiger partial charge in [0.25, 0.3) is 0 Å². The Morgan fingerprint density at radius 2 is 1.84 bits per heavy atom. The predicted octanol–water partition coefficient (Wildman–Crippen LogP) is 3.08. The monoisotopic (exact) mass is 266 g/mol. The lowest BCUT2D eigenvalue weighted by molar-refractivity contribution is -0.141. The molecule has 1 amide bonds.